The molecule has 0 spiro atoms. The lowest BCUT2D eigenvalue weighted by atomic mass is 10.0. The Bertz CT molecular complexity index is 1740. The van der Waals surface area contributed by atoms with Gasteiger partial charge >= 0.3 is 0 Å². The van der Waals surface area contributed by atoms with Crippen LogP contribution in [0.2, 0.25) is 0 Å². The van der Waals surface area contributed by atoms with Gasteiger partial charge in [0.15, 0.2) is 0 Å². The van der Waals surface area contributed by atoms with E-state index in [0.717, 1.165) is 39.0 Å². The van der Waals surface area contributed by atoms with E-state index < -0.39 is 0 Å². The Labute approximate surface area is 208 Å². The summed E-state index contributed by atoms with van der Waals surface area (Å²) in [6.07, 6.45) is 1.77. The SMILES string of the molecule is Cn1c(COCc2ccccc2)c(-c2ccc3ncccc3c2)c(=O)n2nc(-c3ccccc3)cc12. The highest BCUT2D eigenvalue weighted by Gasteiger charge is 2.20. The predicted molar refractivity (Wildman–Crippen MR) is 142 cm³/mol. The van der Waals surface area contributed by atoms with Crippen LogP contribution in [0.3, 0.4) is 0 Å². The van der Waals surface area contributed by atoms with Gasteiger partial charge in [-0.05, 0) is 29.3 Å². The van der Waals surface area contributed by atoms with Crippen molar-refractivity contribution in [3.05, 3.63) is 125 Å². The van der Waals surface area contributed by atoms with Gasteiger partial charge in [-0.3, -0.25) is 9.78 Å². The number of fused-ring (bicyclic) bond motifs is 2. The normalized spacial score (nSPS) is 11.4. The maximum absolute atomic E-state index is 13.9. The first-order valence-electron chi connectivity index (χ1n) is 11.8. The fraction of sp³-hybridized carbons (Fsp3) is 0.100. The zero-order valence-corrected chi connectivity index (χ0v) is 19.8. The van der Waals surface area contributed by atoms with Crippen LogP contribution in [0.1, 0.15) is 11.3 Å². The average molecular weight is 473 g/mol. The van der Waals surface area contributed by atoms with Gasteiger partial charge in [0, 0.05) is 30.3 Å². The third kappa shape index (κ3) is 3.97. The van der Waals surface area contributed by atoms with Crippen LogP contribution < -0.4 is 5.56 Å². The first kappa shape index (κ1) is 21.9. The summed E-state index contributed by atoms with van der Waals surface area (Å²) in [6.45, 7) is 0.735. The molecule has 0 aliphatic carbocycles. The van der Waals surface area contributed by atoms with Gasteiger partial charge in [0.25, 0.3) is 5.56 Å². The Kier molecular flexibility index (Phi) is 5.64. The molecule has 0 aliphatic heterocycles. The Balaban J connectivity index is 1.51. The number of benzene rings is 3. The monoisotopic (exact) mass is 472 g/mol. The molecule has 176 valence electrons. The van der Waals surface area contributed by atoms with Crippen LogP contribution in [-0.2, 0) is 25.0 Å². The predicted octanol–water partition coefficient (Wildman–Crippen LogP) is 5.63. The second-order valence-corrected chi connectivity index (χ2v) is 8.74. The van der Waals surface area contributed by atoms with Gasteiger partial charge in [0.1, 0.15) is 5.65 Å². The summed E-state index contributed by atoms with van der Waals surface area (Å²) in [5, 5.41) is 5.66. The maximum atomic E-state index is 13.9. The molecule has 0 unspecified atom stereocenters. The average Bonchev–Trinajstić information content (AvgIpc) is 3.39. The lowest BCUT2D eigenvalue weighted by molar-refractivity contribution is 0.103. The van der Waals surface area contributed by atoms with Crippen molar-refractivity contribution >= 4 is 16.6 Å². The molecule has 0 saturated heterocycles. The zero-order chi connectivity index (χ0) is 24.5. The van der Waals surface area contributed by atoms with Crippen LogP contribution in [0.25, 0.3) is 38.9 Å². The van der Waals surface area contributed by atoms with Crippen LogP contribution in [0.5, 0.6) is 0 Å². The first-order valence-corrected chi connectivity index (χ1v) is 11.8. The molecule has 0 atom stereocenters. The summed E-state index contributed by atoms with van der Waals surface area (Å²) >= 11 is 0. The molecule has 6 rings (SSSR count). The molecule has 3 heterocycles. The van der Waals surface area contributed by atoms with E-state index in [4.69, 9.17) is 9.84 Å². The molecule has 0 aliphatic rings. The van der Waals surface area contributed by atoms with Gasteiger partial charge < -0.3 is 9.30 Å². The van der Waals surface area contributed by atoms with Crippen molar-refractivity contribution in [2.24, 2.45) is 7.05 Å². The topological polar surface area (TPSA) is 61.4 Å². The van der Waals surface area contributed by atoms with Crippen molar-refractivity contribution in [2.75, 3.05) is 0 Å². The fourth-order valence-electron chi connectivity index (χ4n) is 4.57. The lowest BCUT2D eigenvalue weighted by Gasteiger charge is -2.16. The summed E-state index contributed by atoms with van der Waals surface area (Å²) in [5.74, 6) is 0. The highest BCUT2D eigenvalue weighted by atomic mass is 16.5. The molecule has 0 bridgehead atoms. The molecule has 6 heteroatoms. The summed E-state index contributed by atoms with van der Waals surface area (Å²) in [4.78, 5) is 18.4. The number of hydrogen-bond acceptors (Lipinski definition) is 4. The molecule has 6 aromatic rings. The summed E-state index contributed by atoms with van der Waals surface area (Å²) in [6, 6.07) is 31.7. The minimum absolute atomic E-state index is 0.174. The maximum Gasteiger partial charge on any atom is 0.282 e. The number of nitrogens with zero attached hydrogens (tertiary/aromatic N) is 4. The van der Waals surface area contributed by atoms with Gasteiger partial charge in [-0.1, -0.05) is 72.8 Å². The number of ether oxygens (including phenoxy) is 1. The summed E-state index contributed by atoms with van der Waals surface area (Å²) in [7, 11) is 1.96. The second-order valence-electron chi connectivity index (χ2n) is 8.74. The molecule has 0 amide bonds. The van der Waals surface area contributed by atoms with Gasteiger partial charge in [-0.2, -0.15) is 9.61 Å². The molecule has 0 radical (unpaired) electrons. The molecule has 6 nitrogen and oxygen atoms in total. The fourth-order valence-corrected chi connectivity index (χ4v) is 4.57. The molecule has 0 saturated carbocycles. The largest absolute Gasteiger partial charge is 0.371 e. The molecule has 0 N–H and O–H groups in total. The standard InChI is InChI=1S/C30H24N4O2/c1-33-27(20-36-19-21-9-4-2-5-10-21)29(24-14-15-25-23(17-24)13-8-16-31-25)30(35)34-28(33)18-26(32-34)22-11-6-3-7-12-22/h2-18H,19-20H2,1H3. The van der Waals surface area contributed by atoms with E-state index in [-0.39, 0.29) is 12.2 Å². The number of hydrogen-bond donors (Lipinski definition) is 0. The minimum Gasteiger partial charge on any atom is -0.371 e. The summed E-state index contributed by atoms with van der Waals surface area (Å²) < 4.78 is 9.63. The van der Waals surface area contributed by atoms with Crippen molar-refractivity contribution in [2.45, 2.75) is 13.2 Å². The second kappa shape index (κ2) is 9.24. The Hall–Kier alpha value is -4.55. The molecule has 3 aromatic heterocycles. The Morgan fingerprint density at radius 1 is 0.806 bits per heavy atom. The number of aryl methyl sites for hydroxylation is 1. The van der Waals surface area contributed by atoms with Crippen LogP contribution in [0.15, 0.2) is 108 Å². The lowest BCUT2D eigenvalue weighted by Crippen LogP contribution is -2.24. The van der Waals surface area contributed by atoms with E-state index in [1.807, 2.05) is 109 Å². The van der Waals surface area contributed by atoms with Crippen molar-refractivity contribution in [3.63, 3.8) is 0 Å². The van der Waals surface area contributed by atoms with Crippen LogP contribution >= 0.6 is 0 Å². The summed E-state index contributed by atoms with van der Waals surface area (Å²) in [5.41, 5.74) is 6.39. The van der Waals surface area contributed by atoms with Gasteiger partial charge in [-0.25, -0.2) is 0 Å². The van der Waals surface area contributed by atoms with Gasteiger partial charge in [-0.15, -0.1) is 0 Å². The Morgan fingerprint density at radius 3 is 2.39 bits per heavy atom. The number of aromatic nitrogens is 4. The highest BCUT2D eigenvalue weighted by molar-refractivity contribution is 5.85. The zero-order valence-electron chi connectivity index (χ0n) is 19.8. The van der Waals surface area contributed by atoms with Crippen LogP contribution in [0.4, 0.5) is 0 Å². The molecule has 3 aromatic carbocycles. The quantitative estimate of drug-likeness (QED) is 0.315. The third-order valence-corrected chi connectivity index (χ3v) is 6.45. The molecular formula is C30H24N4O2. The molecule has 0 fully saturated rings. The van der Waals surface area contributed by atoms with Crippen molar-refractivity contribution in [1.29, 1.82) is 0 Å². The number of rotatable bonds is 6. The minimum atomic E-state index is -0.174. The Morgan fingerprint density at radius 2 is 1.58 bits per heavy atom. The van der Waals surface area contributed by atoms with Crippen LogP contribution in [-0.4, -0.2) is 19.2 Å². The highest BCUT2D eigenvalue weighted by Crippen LogP contribution is 2.27. The first-order chi connectivity index (χ1) is 17.7. The van der Waals surface area contributed by atoms with E-state index >= 15 is 0 Å². The third-order valence-electron chi connectivity index (χ3n) is 6.45. The molecular weight excluding hydrogens is 448 g/mol. The van der Waals surface area contributed by atoms with E-state index in [9.17, 15) is 4.79 Å². The van der Waals surface area contributed by atoms with Crippen molar-refractivity contribution in [3.8, 4) is 22.4 Å². The van der Waals surface area contributed by atoms with Gasteiger partial charge in [0.05, 0.1) is 35.7 Å². The van der Waals surface area contributed by atoms with Crippen LogP contribution in [0, 0.1) is 0 Å². The van der Waals surface area contributed by atoms with E-state index in [2.05, 4.69) is 4.98 Å². The number of pyridine rings is 1. The van der Waals surface area contributed by atoms with Crippen molar-refractivity contribution < 1.29 is 4.74 Å². The molecule has 36 heavy (non-hydrogen) atoms. The van der Waals surface area contributed by atoms with Gasteiger partial charge in [0.2, 0.25) is 0 Å². The smallest absolute Gasteiger partial charge is 0.282 e. The van der Waals surface area contributed by atoms with Crippen molar-refractivity contribution in [1.82, 2.24) is 19.2 Å². The van der Waals surface area contributed by atoms with E-state index in [1.165, 1.54) is 4.52 Å². The van der Waals surface area contributed by atoms with E-state index in [1.54, 1.807) is 6.20 Å². The van der Waals surface area contributed by atoms with E-state index in [0.29, 0.717) is 17.8 Å².